The van der Waals surface area contributed by atoms with Gasteiger partial charge >= 0.3 is 6.03 Å². The summed E-state index contributed by atoms with van der Waals surface area (Å²) in [7, 11) is 0. The fraction of sp³-hybridized carbons (Fsp3) is 0.296. The molecule has 3 aromatic rings. The van der Waals surface area contributed by atoms with Crippen LogP contribution in [0.1, 0.15) is 28.3 Å². The van der Waals surface area contributed by atoms with Crippen molar-refractivity contribution < 1.29 is 9.53 Å². The predicted octanol–water partition coefficient (Wildman–Crippen LogP) is 4.76. The van der Waals surface area contributed by atoms with Crippen LogP contribution in [0.4, 0.5) is 4.79 Å². The van der Waals surface area contributed by atoms with Gasteiger partial charge in [-0.15, -0.1) is 0 Å². The number of ether oxygens (including phenoxy) is 1. The molecule has 0 bridgehead atoms. The topological polar surface area (TPSA) is 44.8 Å². The average Bonchev–Trinajstić information content (AvgIpc) is 2.82. The summed E-state index contributed by atoms with van der Waals surface area (Å²) in [5, 5.41) is 2.90. The summed E-state index contributed by atoms with van der Waals surface area (Å²) in [6.07, 6.45) is 0. The van der Waals surface area contributed by atoms with E-state index < -0.39 is 0 Å². The maximum Gasteiger partial charge on any atom is 0.320 e. The maximum absolute atomic E-state index is 12.7. The lowest BCUT2D eigenvalue weighted by Gasteiger charge is -2.39. The third-order valence-corrected chi connectivity index (χ3v) is 5.98. The Morgan fingerprint density at radius 1 is 0.875 bits per heavy atom. The van der Waals surface area contributed by atoms with E-state index in [4.69, 9.17) is 4.74 Å². The number of aryl methyl sites for hydroxylation is 2. The highest BCUT2D eigenvalue weighted by Crippen LogP contribution is 2.29. The molecule has 0 atom stereocenters. The van der Waals surface area contributed by atoms with Gasteiger partial charge in [0.2, 0.25) is 0 Å². The molecule has 32 heavy (non-hydrogen) atoms. The molecule has 1 fully saturated rings. The number of carbonyl (C=O) groups excluding carboxylic acids is 1. The van der Waals surface area contributed by atoms with Crippen LogP contribution in [0, 0.1) is 13.8 Å². The van der Waals surface area contributed by atoms with Gasteiger partial charge in [0.05, 0.1) is 6.04 Å². The highest BCUT2D eigenvalue weighted by atomic mass is 16.5. The number of nitrogens with zero attached hydrogens (tertiary/aromatic N) is 2. The van der Waals surface area contributed by atoms with E-state index in [2.05, 4.69) is 71.7 Å². The van der Waals surface area contributed by atoms with Gasteiger partial charge in [-0.25, -0.2) is 4.79 Å². The van der Waals surface area contributed by atoms with Crippen LogP contribution in [0.3, 0.4) is 0 Å². The second-order valence-corrected chi connectivity index (χ2v) is 8.29. The molecule has 1 saturated heterocycles. The van der Waals surface area contributed by atoms with Crippen molar-refractivity contribution in [3.8, 4) is 5.75 Å². The number of urea groups is 1. The van der Waals surface area contributed by atoms with Crippen molar-refractivity contribution >= 4 is 6.03 Å². The Kier molecular flexibility index (Phi) is 7.07. The normalized spacial score (nSPS) is 14.4. The number of piperazine rings is 1. The molecule has 1 aliphatic heterocycles. The van der Waals surface area contributed by atoms with Gasteiger partial charge in [-0.05, 0) is 36.6 Å². The molecule has 2 amide bonds. The van der Waals surface area contributed by atoms with Crippen LogP contribution in [-0.4, -0.2) is 48.7 Å². The molecule has 0 radical (unpaired) electrons. The van der Waals surface area contributed by atoms with E-state index in [1.54, 1.807) is 0 Å². The minimum atomic E-state index is -0.0783. The highest BCUT2D eigenvalue weighted by molar-refractivity contribution is 5.74. The van der Waals surface area contributed by atoms with Gasteiger partial charge in [0.15, 0.2) is 6.73 Å². The number of nitrogens with one attached hydrogen (secondary N) is 1. The molecular weight excluding hydrogens is 398 g/mol. The Morgan fingerprint density at radius 3 is 2.03 bits per heavy atom. The minimum Gasteiger partial charge on any atom is -0.473 e. The summed E-state index contributed by atoms with van der Waals surface area (Å²) in [4.78, 5) is 17.0. The largest absolute Gasteiger partial charge is 0.473 e. The summed E-state index contributed by atoms with van der Waals surface area (Å²) < 4.78 is 5.76. The molecule has 5 nitrogen and oxygen atoms in total. The van der Waals surface area contributed by atoms with Crippen LogP contribution >= 0.6 is 0 Å². The quantitative estimate of drug-likeness (QED) is 0.575. The van der Waals surface area contributed by atoms with Crippen LogP contribution < -0.4 is 10.1 Å². The third-order valence-electron chi connectivity index (χ3n) is 5.98. The molecule has 0 saturated carbocycles. The smallest absolute Gasteiger partial charge is 0.320 e. The molecule has 0 unspecified atom stereocenters. The predicted molar refractivity (Wildman–Crippen MR) is 128 cm³/mol. The van der Waals surface area contributed by atoms with Gasteiger partial charge in [-0.2, -0.15) is 0 Å². The molecule has 1 aliphatic rings. The third kappa shape index (κ3) is 5.29. The fourth-order valence-electron chi connectivity index (χ4n) is 4.32. The second kappa shape index (κ2) is 10.3. The Morgan fingerprint density at radius 2 is 1.47 bits per heavy atom. The SMILES string of the molecule is Cc1ccc(OCNC(=O)N2CCN(C(c3ccccc3)c3ccccc3)CC2)c(C)c1. The first-order chi connectivity index (χ1) is 15.6. The second-order valence-electron chi connectivity index (χ2n) is 8.29. The van der Waals surface area contributed by atoms with Crippen LogP contribution in [0.2, 0.25) is 0 Å². The molecule has 1 heterocycles. The number of rotatable bonds is 6. The number of amides is 2. The van der Waals surface area contributed by atoms with Crippen molar-refractivity contribution in [2.75, 3.05) is 32.9 Å². The monoisotopic (exact) mass is 429 g/mol. The van der Waals surface area contributed by atoms with Gasteiger partial charge in [0, 0.05) is 26.2 Å². The van der Waals surface area contributed by atoms with E-state index in [0.29, 0.717) is 13.1 Å². The molecule has 0 aromatic heterocycles. The summed E-state index contributed by atoms with van der Waals surface area (Å²) in [6.45, 7) is 7.24. The Balaban J connectivity index is 1.33. The zero-order valence-corrected chi connectivity index (χ0v) is 18.8. The first-order valence-electron chi connectivity index (χ1n) is 11.2. The van der Waals surface area contributed by atoms with Gasteiger partial charge in [0.1, 0.15) is 5.75 Å². The number of benzene rings is 3. The van der Waals surface area contributed by atoms with E-state index in [1.165, 1.54) is 16.7 Å². The number of carbonyl (C=O) groups is 1. The van der Waals surface area contributed by atoms with Crippen LogP contribution in [0.15, 0.2) is 78.9 Å². The van der Waals surface area contributed by atoms with Crippen molar-refractivity contribution in [2.24, 2.45) is 0 Å². The number of hydrogen-bond acceptors (Lipinski definition) is 3. The summed E-state index contributed by atoms with van der Waals surface area (Å²) in [5.41, 5.74) is 4.82. The van der Waals surface area contributed by atoms with Crippen LogP contribution in [-0.2, 0) is 0 Å². The van der Waals surface area contributed by atoms with Crippen molar-refractivity contribution in [3.05, 3.63) is 101 Å². The van der Waals surface area contributed by atoms with Crippen molar-refractivity contribution in [3.63, 3.8) is 0 Å². The highest BCUT2D eigenvalue weighted by Gasteiger charge is 2.28. The summed E-state index contributed by atoms with van der Waals surface area (Å²) in [6, 6.07) is 27.3. The van der Waals surface area contributed by atoms with Gasteiger partial charge in [0.25, 0.3) is 0 Å². The zero-order chi connectivity index (χ0) is 22.3. The summed E-state index contributed by atoms with van der Waals surface area (Å²) in [5.74, 6) is 0.800. The minimum absolute atomic E-state index is 0.0783. The number of hydrogen-bond donors (Lipinski definition) is 1. The maximum atomic E-state index is 12.7. The molecule has 0 aliphatic carbocycles. The first-order valence-corrected chi connectivity index (χ1v) is 11.2. The van der Waals surface area contributed by atoms with Gasteiger partial charge < -0.3 is 15.0 Å². The molecule has 3 aromatic carbocycles. The fourth-order valence-corrected chi connectivity index (χ4v) is 4.32. The zero-order valence-electron chi connectivity index (χ0n) is 18.8. The lowest BCUT2D eigenvalue weighted by molar-refractivity contribution is 0.116. The lowest BCUT2D eigenvalue weighted by atomic mass is 9.96. The molecule has 1 N–H and O–H groups in total. The van der Waals surface area contributed by atoms with E-state index in [-0.39, 0.29) is 18.8 Å². The van der Waals surface area contributed by atoms with Crippen molar-refractivity contribution in [1.29, 1.82) is 0 Å². The van der Waals surface area contributed by atoms with Gasteiger partial charge in [-0.1, -0.05) is 78.4 Å². The van der Waals surface area contributed by atoms with Crippen molar-refractivity contribution in [2.45, 2.75) is 19.9 Å². The van der Waals surface area contributed by atoms with E-state index in [0.717, 1.165) is 24.4 Å². The molecular formula is C27H31N3O2. The van der Waals surface area contributed by atoms with Crippen molar-refractivity contribution in [1.82, 2.24) is 15.1 Å². The molecule has 4 rings (SSSR count). The van der Waals surface area contributed by atoms with Crippen LogP contribution in [0.25, 0.3) is 0 Å². The average molecular weight is 430 g/mol. The Hall–Kier alpha value is -3.31. The lowest BCUT2D eigenvalue weighted by Crippen LogP contribution is -2.53. The molecule has 0 spiro atoms. The molecule has 166 valence electrons. The van der Waals surface area contributed by atoms with E-state index in [9.17, 15) is 4.79 Å². The standard InChI is InChI=1S/C27H31N3O2/c1-21-13-14-25(22(2)19-21)32-20-28-27(31)30-17-15-29(16-18-30)26(23-9-5-3-6-10-23)24-11-7-4-8-12-24/h3-14,19,26H,15-18,20H2,1-2H3,(H,28,31). The van der Waals surface area contributed by atoms with E-state index >= 15 is 0 Å². The van der Waals surface area contributed by atoms with E-state index in [1.807, 2.05) is 36.1 Å². The summed E-state index contributed by atoms with van der Waals surface area (Å²) >= 11 is 0. The first kappa shape index (κ1) is 21.9. The Labute approximate surface area is 190 Å². The van der Waals surface area contributed by atoms with Crippen LogP contribution in [0.5, 0.6) is 5.75 Å². The van der Waals surface area contributed by atoms with Gasteiger partial charge in [-0.3, -0.25) is 4.90 Å². The molecule has 5 heteroatoms. The Bertz CT molecular complexity index is 976.